The van der Waals surface area contributed by atoms with Crippen molar-refractivity contribution in [3.8, 4) is 0 Å². The first kappa shape index (κ1) is 12.6. The Balaban J connectivity index is 2.56. The Morgan fingerprint density at radius 3 is 2.20 bits per heavy atom. The second-order valence-electron chi connectivity index (χ2n) is 2.96. The van der Waals surface area contributed by atoms with E-state index in [-0.39, 0.29) is 16.1 Å². The fraction of sp³-hybridized carbons (Fsp3) is 0.200. The van der Waals surface area contributed by atoms with E-state index in [1.54, 1.807) is 22.6 Å². The van der Waals surface area contributed by atoms with Crippen LogP contribution in [0.3, 0.4) is 0 Å². The number of rotatable bonds is 4. The van der Waals surface area contributed by atoms with Gasteiger partial charge >= 0.3 is 5.71 Å². The SMILES string of the molecule is O=C(I)Cc1ccc(COC(=O)P)cc1. The summed E-state index contributed by atoms with van der Waals surface area (Å²) < 4.78 is 4.91. The molecular weight excluding hydrogens is 326 g/mol. The normalized spacial score (nSPS) is 9.73. The van der Waals surface area contributed by atoms with Gasteiger partial charge in [-0.1, -0.05) is 24.3 Å². The van der Waals surface area contributed by atoms with Gasteiger partial charge in [0, 0.05) is 6.42 Å². The van der Waals surface area contributed by atoms with E-state index < -0.39 is 0 Å². The first-order valence-corrected chi connectivity index (χ1v) is 5.92. The molecule has 1 rings (SSSR count). The summed E-state index contributed by atoms with van der Waals surface area (Å²) in [5.41, 5.74) is 1.51. The summed E-state index contributed by atoms with van der Waals surface area (Å²) in [4.78, 5) is 21.4. The van der Waals surface area contributed by atoms with Gasteiger partial charge < -0.3 is 4.74 Å². The van der Waals surface area contributed by atoms with E-state index in [2.05, 4.69) is 0 Å². The van der Waals surface area contributed by atoms with Gasteiger partial charge in [-0.05, 0) is 43.0 Å². The molecule has 15 heavy (non-hydrogen) atoms. The molecule has 0 saturated carbocycles. The lowest BCUT2D eigenvalue weighted by molar-refractivity contribution is -0.108. The van der Waals surface area contributed by atoms with Gasteiger partial charge in [-0.3, -0.25) is 4.79 Å². The van der Waals surface area contributed by atoms with Gasteiger partial charge in [0.1, 0.15) is 6.61 Å². The molecule has 1 unspecified atom stereocenters. The van der Waals surface area contributed by atoms with Crippen LogP contribution in [-0.2, 0) is 22.6 Å². The van der Waals surface area contributed by atoms with Crippen molar-refractivity contribution in [1.82, 2.24) is 0 Å². The average molecular weight is 336 g/mol. The lowest BCUT2D eigenvalue weighted by Gasteiger charge is -2.02. The molecule has 1 aromatic carbocycles. The quantitative estimate of drug-likeness (QED) is 0.482. The molecule has 1 atom stereocenters. The van der Waals surface area contributed by atoms with Crippen LogP contribution >= 0.6 is 31.8 Å². The molecule has 0 saturated heterocycles. The predicted molar refractivity (Wildman–Crippen MR) is 69.1 cm³/mol. The molecule has 0 aliphatic heterocycles. The Bertz CT molecular complexity index is 361. The van der Waals surface area contributed by atoms with Gasteiger partial charge in [0.2, 0.25) is 0 Å². The molecule has 0 aromatic heterocycles. The molecule has 1 aromatic rings. The third kappa shape index (κ3) is 5.23. The highest BCUT2D eigenvalue weighted by molar-refractivity contribution is 14.1. The molecule has 0 bridgehead atoms. The second-order valence-corrected chi connectivity index (χ2v) is 4.63. The van der Waals surface area contributed by atoms with Crippen LogP contribution in [0.15, 0.2) is 24.3 Å². The van der Waals surface area contributed by atoms with Crippen LogP contribution in [0, 0.1) is 0 Å². The third-order valence-electron chi connectivity index (χ3n) is 1.75. The molecule has 0 aliphatic carbocycles. The number of ether oxygens (including phenoxy) is 1. The monoisotopic (exact) mass is 336 g/mol. The van der Waals surface area contributed by atoms with Crippen molar-refractivity contribution in [2.75, 3.05) is 0 Å². The minimum atomic E-state index is -0.374. The van der Waals surface area contributed by atoms with Crippen LogP contribution in [0.1, 0.15) is 11.1 Å². The maximum absolute atomic E-state index is 10.8. The molecule has 0 spiro atoms. The Hall–Kier alpha value is -0.480. The maximum atomic E-state index is 10.8. The molecule has 80 valence electrons. The van der Waals surface area contributed by atoms with Crippen LogP contribution in [0.5, 0.6) is 0 Å². The van der Waals surface area contributed by atoms with Crippen molar-refractivity contribution in [2.24, 2.45) is 0 Å². The summed E-state index contributed by atoms with van der Waals surface area (Å²) >= 11 is 1.77. The average Bonchev–Trinajstić information content (AvgIpc) is 2.16. The summed E-state index contributed by atoms with van der Waals surface area (Å²) in [6, 6.07) is 7.43. The van der Waals surface area contributed by atoms with E-state index in [1.165, 1.54) is 0 Å². The Labute approximate surface area is 104 Å². The molecule has 0 fully saturated rings. The summed E-state index contributed by atoms with van der Waals surface area (Å²) in [6.07, 6.45) is 0.435. The van der Waals surface area contributed by atoms with Crippen molar-refractivity contribution in [1.29, 1.82) is 0 Å². The summed E-state index contributed by atoms with van der Waals surface area (Å²) in [5, 5.41) is 0. The fourth-order valence-electron chi connectivity index (χ4n) is 1.07. The molecule has 0 radical (unpaired) electrons. The van der Waals surface area contributed by atoms with Crippen molar-refractivity contribution in [3.05, 3.63) is 35.4 Å². The molecule has 0 heterocycles. The van der Waals surface area contributed by atoms with E-state index in [1.807, 2.05) is 33.5 Å². The number of carbonyl (C=O) groups excluding carboxylic acids is 2. The topological polar surface area (TPSA) is 43.4 Å². The highest BCUT2D eigenvalue weighted by atomic mass is 127. The number of carbonyl (C=O) groups is 2. The van der Waals surface area contributed by atoms with E-state index in [0.29, 0.717) is 6.42 Å². The Morgan fingerprint density at radius 2 is 1.73 bits per heavy atom. The lowest BCUT2D eigenvalue weighted by atomic mass is 10.1. The number of halogens is 1. The molecule has 5 heteroatoms. The molecule has 0 aliphatic rings. The van der Waals surface area contributed by atoms with Gasteiger partial charge in [0.25, 0.3) is 0 Å². The zero-order valence-electron chi connectivity index (χ0n) is 7.90. The summed E-state index contributed by atoms with van der Waals surface area (Å²) in [6.45, 7) is 0.265. The van der Waals surface area contributed by atoms with Crippen LogP contribution in [0.25, 0.3) is 0 Å². The first-order chi connectivity index (χ1) is 7.08. The minimum Gasteiger partial charge on any atom is -0.458 e. The van der Waals surface area contributed by atoms with Crippen molar-refractivity contribution < 1.29 is 14.3 Å². The molecular formula is C10H10IO3P. The largest absolute Gasteiger partial charge is 0.458 e. The van der Waals surface area contributed by atoms with E-state index in [4.69, 9.17) is 4.74 Å². The summed E-state index contributed by atoms with van der Waals surface area (Å²) in [5.74, 6) is 0. The van der Waals surface area contributed by atoms with Crippen LogP contribution in [0.4, 0.5) is 4.79 Å². The highest BCUT2D eigenvalue weighted by Gasteiger charge is 2.00. The number of hydrogen-bond donors (Lipinski definition) is 0. The Morgan fingerprint density at radius 1 is 1.20 bits per heavy atom. The van der Waals surface area contributed by atoms with Crippen LogP contribution < -0.4 is 0 Å². The third-order valence-corrected chi connectivity index (χ3v) is 2.30. The minimum absolute atomic E-state index is 0.108. The molecule has 0 amide bonds. The van der Waals surface area contributed by atoms with E-state index >= 15 is 0 Å². The zero-order chi connectivity index (χ0) is 11.3. The lowest BCUT2D eigenvalue weighted by Crippen LogP contribution is -1.96. The number of hydrogen-bond acceptors (Lipinski definition) is 3. The van der Waals surface area contributed by atoms with E-state index in [9.17, 15) is 9.59 Å². The van der Waals surface area contributed by atoms with Crippen molar-refractivity contribution in [3.63, 3.8) is 0 Å². The highest BCUT2D eigenvalue weighted by Crippen LogP contribution is 2.09. The predicted octanol–water partition coefficient (Wildman–Crippen LogP) is 2.70. The molecule has 3 nitrogen and oxygen atoms in total. The van der Waals surface area contributed by atoms with Gasteiger partial charge in [-0.25, -0.2) is 4.79 Å². The maximum Gasteiger partial charge on any atom is 0.320 e. The first-order valence-electron chi connectivity index (χ1n) is 4.26. The van der Waals surface area contributed by atoms with Gasteiger partial charge in [-0.15, -0.1) is 0 Å². The smallest absolute Gasteiger partial charge is 0.320 e. The number of benzene rings is 1. The standard InChI is InChI=1S/C10H10IO3P/c11-9(12)5-7-1-3-8(4-2-7)6-14-10(13)15/h1-4H,5-6,15H2. The van der Waals surface area contributed by atoms with Crippen molar-refractivity contribution in [2.45, 2.75) is 13.0 Å². The van der Waals surface area contributed by atoms with Gasteiger partial charge in [-0.2, -0.15) is 0 Å². The van der Waals surface area contributed by atoms with Crippen LogP contribution in [0.2, 0.25) is 0 Å². The summed E-state index contributed by atoms with van der Waals surface area (Å²) in [7, 11) is 1.95. The van der Waals surface area contributed by atoms with Crippen LogP contribution in [-0.4, -0.2) is 9.50 Å². The van der Waals surface area contributed by atoms with Gasteiger partial charge in [0.05, 0.1) is 0 Å². The van der Waals surface area contributed by atoms with Crippen molar-refractivity contribution >= 4 is 41.3 Å². The van der Waals surface area contributed by atoms with E-state index in [0.717, 1.165) is 11.1 Å². The Kier molecular flexibility index (Phi) is 5.19. The van der Waals surface area contributed by atoms with Gasteiger partial charge in [0.15, 0.2) is 3.79 Å². The fourth-order valence-corrected chi connectivity index (χ4v) is 1.59. The molecule has 0 N–H and O–H groups in total. The zero-order valence-corrected chi connectivity index (χ0v) is 11.2. The second kappa shape index (κ2) is 6.18.